The maximum absolute atomic E-state index is 12.2. The normalized spacial score (nSPS) is 11.1. The zero-order valence-electron chi connectivity index (χ0n) is 12.9. The molecule has 0 bridgehead atoms. The van der Waals surface area contributed by atoms with Gasteiger partial charge in [0.15, 0.2) is 27.3 Å². The molecular formula is C15H13ClN4O2S2. The zero-order chi connectivity index (χ0) is 17.3. The Balaban J connectivity index is 1.81. The molecule has 24 heavy (non-hydrogen) atoms. The van der Waals surface area contributed by atoms with Crippen LogP contribution in [0.1, 0.15) is 10.4 Å². The minimum absolute atomic E-state index is 0.0646. The number of Topliss-reactive ketones (excluding diaryl/α,β-unsaturated/α-hetero) is 1. The van der Waals surface area contributed by atoms with Crippen LogP contribution in [0.3, 0.4) is 0 Å². The van der Waals surface area contributed by atoms with Crippen LogP contribution in [0.4, 0.5) is 0 Å². The van der Waals surface area contributed by atoms with Gasteiger partial charge in [-0.25, -0.2) is 9.97 Å². The molecule has 124 valence electrons. The van der Waals surface area contributed by atoms with Gasteiger partial charge in [0.1, 0.15) is 0 Å². The van der Waals surface area contributed by atoms with Gasteiger partial charge in [0.2, 0.25) is 0 Å². The molecule has 3 rings (SSSR count). The summed E-state index contributed by atoms with van der Waals surface area (Å²) < 4.78 is 1.71. The number of benzene rings is 1. The number of aromatic nitrogens is 4. The van der Waals surface area contributed by atoms with Crippen LogP contribution in [0.15, 0.2) is 39.4 Å². The van der Waals surface area contributed by atoms with E-state index in [0.717, 1.165) is 0 Å². The van der Waals surface area contributed by atoms with Crippen LogP contribution in [-0.4, -0.2) is 37.3 Å². The number of thioether (sulfide) groups is 2. The number of aromatic amines is 1. The highest BCUT2D eigenvalue weighted by Gasteiger charge is 2.14. The van der Waals surface area contributed by atoms with Gasteiger partial charge in [-0.1, -0.05) is 35.1 Å². The fraction of sp³-hybridized carbons (Fsp3) is 0.200. The van der Waals surface area contributed by atoms with Gasteiger partial charge in [0.25, 0.3) is 5.56 Å². The second-order valence-electron chi connectivity index (χ2n) is 4.92. The van der Waals surface area contributed by atoms with Gasteiger partial charge in [-0.2, -0.15) is 0 Å². The molecule has 0 saturated carbocycles. The average Bonchev–Trinajstić information content (AvgIpc) is 2.89. The van der Waals surface area contributed by atoms with E-state index in [4.69, 9.17) is 11.6 Å². The topological polar surface area (TPSA) is 80.6 Å². The minimum Gasteiger partial charge on any atom is -0.316 e. The molecule has 9 heteroatoms. The summed E-state index contributed by atoms with van der Waals surface area (Å²) in [6, 6.07) is 6.69. The minimum atomic E-state index is -0.267. The van der Waals surface area contributed by atoms with E-state index >= 15 is 0 Å². The first-order chi connectivity index (χ1) is 11.5. The molecule has 1 aromatic carbocycles. The Kier molecular flexibility index (Phi) is 4.98. The summed E-state index contributed by atoms with van der Waals surface area (Å²) in [5.41, 5.74) is 1.11. The monoisotopic (exact) mass is 380 g/mol. The number of hydrogen-bond donors (Lipinski definition) is 1. The van der Waals surface area contributed by atoms with Crippen LogP contribution >= 0.6 is 35.1 Å². The number of imidazole rings is 1. The molecule has 1 N–H and O–H groups in total. The first kappa shape index (κ1) is 17.1. The third-order valence-corrected chi connectivity index (χ3v) is 5.22. The van der Waals surface area contributed by atoms with E-state index in [0.29, 0.717) is 32.1 Å². The third-order valence-electron chi connectivity index (χ3n) is 3.37. The van der Waals surface area contributed by atoms with Crippen LogP contribution in [0.2, 0.25) is 5.02 Å². The molecule has 0 radical (unpaired) electrons. The van der Waals surface area contributed by atoms with Crippen molar-refractivity contribution < 1.29 is 4.79 Å². The van der Waals surface area contributed by atoms with E-state index in [1.807, 2.05) is 6.26 Å². The van der Waals surface area contributed by atoms with Crippen molar-refractivity contribution in [2.24, 2.45) is 7.05 Å². The SMILES string of the molecule is CSc1nc2nc(SCC(=O)c3ccc(Cl)cc3)[nH]c(=O)c2n1C. The van der Waals surface area contributed by atoms with Gasteiger partial charge >= 0.3 is 0 Å². The number of fused-ring (bicyclic) bond motifs is 1. The van der Waals surface area contributed by atoms with E-state index in [1.54, 1.807) is 35.9 Å². The second kappa shape index (κ2) is 7.00. The van der Waals surface area contributed by atoms with Crippen molar-refractivity contribution in [2.45, 2.75) is 10.3 Å². The first-order valence-electron chi connectivity index (χ1n) is 6.92. The first-order valence-corrected chi connectivity index (χ1v) is 9.50. The number of carbonyl (C=O) groups is 1. The highest BCUT2D eigenvalue weighted by atomic mass is 35.5. The number of H-pyrrole nitrogens is 1. The predicted molar refractivity (Wildman–Crippen MR) is 97.4 cm³/mol. The lowest BCUT2D eigenvalue weighted by molar-refractivity contribution is 0.102. The second-order valence-corrected chi connectivity index (χ2v) is 7.09. The molecule has 0 saturated heterocycles. The largest absolute Gasteiger partial charge is 0.316 e. The fourth-order valence-electron chi connectivity index (χ4n) is 2.18. The van der Waals surface area contributed by atoms with Crippen LogP contribution in [-0.2, 0) is 7.05 Å². The summed E-state index contributed by atoms with van der Waals surface area (Å²) in [7, 11) is 1.77. The van der Waals surface area contributed by atoms with E-state index < -0.39 is 0 Å². The van der Waals surface area contributed by atoms with Crippen molar-refractivity contribution in [1.82, 2.24) is 19.5 Å². The molecule has 2 heterocycles. The zero-order valence-corrected chi connectivity index (χ0v) is 15.3. The maximum atomic E-state index is 12.2. The molecule has 0 atom stereocenters. The smallest absolute Gasteiger partial charge is 0.277 e. The lowest BCUT2D eigenvalue weighted by atomic mass is 10.1. The van der Waals surface area contributed by atoms with Crippen molar-refractivity contribution in [3.8, 4) is 0 Å². The Hall–Kier alpha value is -1.77. The van der Waals surface area contributed by atoms with E-state index in [2.05, 4.69) is 15.0 Å². The Morgan fingerprint density at radius 1 is 1.29 bits per heavy atom. The van der Waals surface area contributed by atoms with Crippen LogP contribution in [0, 0.1) is 0 Å². The summed E-state index contributed by atoms with van der Waals surface area (Å²) in [6.07, 6.45) is 1.88. The van der Waals surface area contributed by atoms with Crippen molar-refractivity contribution in [1.29, 1.82) is 0 Å². The molecule has 6 nitrogen and oxygen atoms in total. The van der Waals surface area contributed by atoms with Crippen LogP contribution in [0.25, 0.3) is 11.2 Å². The number of rotatable bonds is 5. The van der Waals surface area contributed by atoms with Crippen molar-refractivity contribution in [3.05, 3.63) is 45.2 Å². The molecular weight excluding hydrogens is 368 g/mol. The van der Waals surface area contributed by atoms with E-state index in [-0.39, 0.29) is 17.1 Å². The highest BCUT2D eigenvalue weighted by molar-refractivity contribution is 7.99. The standard InChI is InChI=1S/C15H13ClN4O2S2/c1-20-11-12(18-15(20)23-2)17-14(19-13(11)22)24-7-10(21)8-3-5-9(16)6-4-8/h3-6H,7H2,1-2H3,(H,17,19,22). The summed E-state index contributed by atoms with van der Waals surface area (Å²) >= 11 is 8.43. The van der Waals surface area contributed by atoms with Gasteiger partial charge in [-0.05, 0) is 30.5 Å². The highest BCUT2D eigenvalue weighted by Crippen LogP contribution is 2.20. The van der Waals surface area contributed by atoms with Gasteiger partial charge in [0.05, 0.1) is 5.75 Å². The summed E-state index contributed by atoms with van der Waals surface area (Å²) in [6.45, 7) is 0. The molecule has 3 aromatic rings. The number of aryl methyl sites for hydroxylation is 1. The van der Waals surface area contributed by atoms with E-state index in [9.17, 15) is 9.59 Å². The Bertz CT molecular complexity index is 966. The number of nitrogens with zero attached hydrogens (tertiary/aromatic N) is 3. The van der Waals surface area contributed by atoms with Gasteiger partial charge < -0.3 is 4.57 Å². The average molecular weight is 381 g/mol. The summed E-state index contributed by atoms with van der Waals surface area (Å²) in [4.78, 5) is 35.8. The van der Waals surface area contributed by atoms with Gasteiger partial charge in [-0.15, -0.1) is 0 Å². The fourth-order valence-corrected chi connectivity index (χ4v) is 3.60. The Morgan fingerprint density at radius 3 is 2.67 bits per heavy atom. The number of ketones is 1. The number of carbonyl (C=O) groups excluding carboxylic acids is 1. The van der Waals surface area contributed by atoms with Crippen LogP contribution in [0.5, 0.6) is 0 Å². The van der Waals surface area contributed by atoms with E-state index in [1.165, 1.54) is 23.5 Å². The quantitative estimate of drug-likeness (QED) is 0.416. The van der Waals surface area contributed by atoms with Crippen molar-refractivity contribution in [2.75, 3.05) is 12.0 Å². The lowest BCUT2D eigenvalue weighted by Crippen LogP contribution is -2.12. The molecule has 0 amide bonds. The Labute approximate surface area is 151 Å². The maximum Gasteiger partial charge on any atom is 0.277 e. The molecule has 0 aliphatic heterocycles. The van der Waals surface area contributed by atoms with Gasteiger partial charge in [0, 0.05) is 17.6 Å². The summed E-state index contributed by atoms with van der Waals surface area (Å²) in [5, 5.41) is 1.67. The number of nitrogens with one attached hydrogen (secondary N) is 1. The number of halogens is 1. The molecule has 0 unspecified atom stereocenters. The Morgan fingerprint density at radius 2 is 2.00 bits per heavy atom. The molecule has 0 aliphatic carbocycles. The van der Waals surface area contributed by atoms with Gasteiger partial charge in [-0.3, -0.25) is 14.6 Å². The molecule has 0 aliphatic rings. The molecule has 0 spiro atoms. The summed E-state index contributed by atoms with van der Waals surface area (Å²) in [5.74, 6) is 0.100. The van der Waals surface area contributed by atoms with Crippen molar-refractivity contribution >= 4 is 52.1 Å². The van der Waals surface area contributed by atoms with Crippen LogP contribution < -0.4 is 5.56 Å². The number of hydrogen-bond acceptors (Lipinski definition) is 6. The molecule has 0 fully saturated rings. The lowest BCUT2D eigenvalue weighted by Gasteiger charge is -2.02. The third kappa shape index (κ3) is 3.35. The molecule has 2 aromatic heterocycles. The van der Waals surface area contributed by atoms with Crippen molar-refractivity contribution in [3.63, 3.8) is 0 Å². The predicted octanol–water partition coefficient (Wildman–Crippen LogP) is 3.01.